The van der Waals surface area contributed by atoms with Crippen molar-refractivity contribution in [3.63, 3.8) is 0 Å². The second-order valence-electron chi connectivity index (χ2n) is 7.10. The van der Waals surface area contributed by atoms with Crippen molar-refractivity contribution in [2.45, 2.75) is 26.8 Å². The Morgan fingerprint density at radius 1 is 0.967 bits per heavy atom. The van der Waals surface area contributed by atoms with E-state index < -0.39 is 11.9 Å². The molecule has 0 aromatic heterocycles. The van der Waals surface area contributed by atoms with Crippen LogP contribution >= 0.6 is 0 Å². The van der Waals surface area contributed by atoms with Crippen LogP contribution in [-0.4, -0.2) is 39.3 Å². The highest BCUT2D eigenvalue weighted by Crippen LogP contribution is 2.27. The smallest absolute Gasteiger partial charge is 0.338 e. The van der Waals surface area contributed by atoms with Gasteiger partial charge in [-0.3, -0.25) is 4.79 Å². The van der Waals surface area contributed by atoms with Gasteiger partial charge in [0.25, 0.3) is 5.91 Å². The van der Waals surface area contributed by atoms with Crippen LogP contribution in [0.25, 0.3) is 0 Å². The second kappa shape index (κ2) is 11.7. The summed E-state index contributed by atoms with van der Waals surface area (Å²) in [6.07, 6.45) is 0.961. The van der Waals surface area contributed by atoms with Gasteiger partial charge in [0.15, 0.2) is 18.1 Å². The quantitative estimate of drug-likeness (QED) is 0.565. The standard InChI is InChI=1S/C23H29NO6/c1-16(2)11-12-29-19-8-6-18(7-9-19)23(26)30-15-22(25)24-14-17-5-10-20(27-3)21(13-17)28-4/h5-10,13,16H,11-12,14-15H2,1-4H3,(H,24,25). The molecule has 7 nitrogen and oxygen atoms in total. The number of nitrogens with one attached hydrogen (secondary N) is 1. The Morgan fingerprint density at radius 3 is 2.30 bits per heavy atom. The van der Waals surface area contributed by atoms with Crippen molar-refractivity contribution < 1.29 is 28.5 Å². The lowest BCUT2D eigenvalue weighted by molar-refractivity contribution is -0.124. The minimum Gasteiger partial charge on any atom is -0.494 e. The molecule has 2 rings (SSSR count). The fourth-order valence-electron chi connectivity index (χ4n) is 2.56. The molecule has 0 saturated carbocycles. The lowest BCUT2D eigenvalue weighted by Gasteiger charge is -2.11. The average molecular weight is 415 g/mol. The fraction of sp³-hybridized carbons (Fsp3) is 0.391. The maximum Gasteiger partial charge on any atom is 0.338 e. The first-order chi connectivity index (χ1) is 14.4. The van der Waals surface area contributed by atoms with Crippen molar-refractivity contribution in [3.8, 4) is 17.2 Å². The van der Waals surface area contributed by atoms with Crippen LogP contribution in [0.1, 0.15) is 36.2 Å². The number of ether oxygens (including phenoxy) is 4. The topological polar surface area (TPSA) is 83.1 Å². The molecule has 2 aromatic carbocycles. The van der Waals surface area contributed by atoms with Gasteiger partial charge in [0.1, 0.15) is 5.75 Å². The molecule has 7 heteroatoms. The maximum absolute atomic E-state index is 12.1. The number of hydrogen-bond donors (Lipinski definition) is 1. The van der Waals surface area contributed by atoms with Crippen molar-refractivity contribution in [1.82, 2.24) is 5.32 Å². The SMILES string of the molecule is COc1ccc(CNC(=O)COC(=O)c2ccc(OCCC(C)C)cc2)cc1OC. The minimum absolute atomic E-state index is 0.277. The lowest BCUT2D eigenvalue weighted by Crippen LogP contribution is -2.28. The van der Waals surface area contributed by atoms with E-state index in [2.05, 4.69) is 19.2 Å². The van der Waals surface area contributed by atoms with Crippen molar-refractivity contribution in [3.05, 3.63) is 53.6 Å². The van der Waals surface area contributed by atoms with E-state index in [4.69, 9.17) is 18.9 Å². The molecular weight excluding hydrogens is 386 g/mol. The summed E-state index contributed by atoms with van der Waals surface area (Å²) in [5, 5.41) is 2.70. The third-order valence-electron chi connectivity index (χ3n) is 4.33. The zero-order chi connectivity index (χ0) is 21.9. The molecule has 162 valence electrons. The molecule has 0 radical (unpaired) electrons. The maximum atomic E-state index is 12.1. The van der Waals surface area contributed by atoms with Crippen LogP contribution in [0.5, 0.6) is 17.2 Å². The number of rotatable bonds is 11. The molecule has 0 heterocycles. The number of methoxy groups -OCH3 is 2. The number of carbonyl (C=O) groups is 2. The van der Waals surface area contributed by atoms with Gasteiger partial charge in [0.2, 0.25) is 0 Å². The van der Waals surface area contributed by atoms with Gasteiger partial charge in [0.05, 0.1) is 26.4 Å². The molecule has 2 aromatic rings. The van der Waals surface area contributed by atoms with E-state index in [-0.39, 0.29) is 13.2 Å². The summed E-state index contributed by atoms with van der Waals surface area (Å²) < 4.78 is 21.1. The fourth-order valence-corrected chi connectivity index (χ4v) is 2.56. The average Bonchev–Trinajstić information content (AvgIpc) is 2.76. The van der Waals surface area contributed by atoms with Gasteiger partial charge in [-0.2, -0.15) is 0 Å². The van der Waals surface area contributed by atoms with Crippen LogP contribution < -0.4 is 19.5 Å². The summed E-state index contributed by atoms with van der Waals surface area (Å²) >= 11 is 0. The summed E-state index contributed by atoms with van der Waals surface area (Å²) in [6, 6.07) is 12.0. The summed E-state index contributed by atoms with van der Waals surface area (Å²) in [7, 11) is 3.10. The van der Waals surface area contributed by atoms with Crippen LogP contribution in [0.4, 0.5) is 0 Å². The predicted molar refractivity (Wildman–Crippen MR) is 113 cm³/mol. The van der Waals surface area contributed by atoms with Gasteiger partial charge in [-0.05, 0) is 54.3 Å². The largest absolute Gasteiger partial charge is 0.494 e. The second-order valence-corrected chi connectivity index (χ2v) is 7.10. The Bertz CT molecular complexity index is 832. The van der Waals surface area contributed by atoms with Crippen LogP contribution in [0.2, 0.25) is 0 Å². The van der Waals surface area contributed by atoms with Gasteiger partial charge in [-0.25, -0.2) is 4.79 Å². The van der Waals surface area contributed by atoms with Crippen LogP contribution in [-0.2, 0) is 16.1 Å². The highest BCUT2D eigenvalue weighted by molar-refractivity contribution is 5.91. The van der Waals surface area contributed by atoms with Gasteiger partial charge in [0, 0.05) is 6.54 Å². The summed E-state index contributed by atoms with van der Waals surface area (Å²) in [6.45, 7) is 4.80. The molecule has 0 fully saturated rings. The molecule has 1 amide bonds. The zero-order valence-corrected chi connectivity index (χ0v) is 17.9. The van der Waals surface area contributed by atoms with Gasteiger partial charge in [-0.1, -0.05) is 19.9 Å². The molecule has 0 spiro atoms. The van der Waals surface area contributed by atoms with E-state index in [1.165, 1.54) is 0 Å². The minimum atomic E-state index is -0.565. The monoisotopic (exact) mass is 415 g/mol. The molecule has 0 saturated heterocycles. The van der Waals surface area contributed by atoms with Crippen LogP contribution in [0.3, 0.4) is 0 Å². The van der Waals surface area contributed by atoms with E-state index in [0.29, 0.717) is 35.3 Å². The molecule has 0 aliphatic rings. The highest BCUT2D eigenvalue weighted by atomic mass is 16.5. The predicted octanol–water partition coefficient (Wildman–Crippen LogP) is 3.60. The van der Waals surface area contributed by atoms with Crippen molar-refractivity contribution in [2.75, 3.05) is 27.4 Å². The summed E-state index contributed by atoms with van der Waals surface area (Å²) in [5.41, 5.74) is 1.19. The molecule has 0 bridgehead atoms. The molecule has 0 aliphatic heterocycles. The van der Waals surface area contributed by atoms with Gasteiger partial charge in [-0.15, -0.1) is 0 Å². The summed E-state index contributed by atoms with van der Waals surface area (Å²) in [5.74, 6) is 1.49. The Morgan fingerprint density at radius 2 is 1.67 bits per heavy atom. The van der Waals surface area contributed by atoms with Crippen LogP contribution in [0.15, 0.2) is 42.5 Å². The summed E-state index contributed by atoms with van der Waals surface area (Å²) in [4.78, 5) is 24.1. The van der Waals surface area contributed by atoms with Gasteiger partial charge >= 0.3 is 5.97 Å². The Balaban J connectivity index is 1.77. The van der Waals surface area contributed by atoms with Gasteiger partial charge < -0.3 is 24.3 Å². The third kappa shape index (κ3) is 7.31. The van der Waals surface area contributed by atoms with Crippen molar-refractivity contribution >= 4 is 11.9 Å². The first kappa shape index (κ1) is 23.1. The molecule has 0 aliphatic carbocycles. The normalized spacial score (nSPS) is 10.4. The van der Waals surface area contributed by atoms with Crippen LogP contribution in [0, 0.1) is 5.92 Å². The van der Waals surface area contributed by atoms with Crippen molar-refractivity contribution in [2.24, 2.45) is 5.92 Å². The molecule has 0 unspecified atom stereocenters. The Hall–Kier alpha value is -3.22. The number of amides is 1. The first-order valence-electron chi connectivity index (χ1n) is 9.80. The number of carbonyl (C=O) groups excluding carboxylic acids is 2. The number of esters is 1. The lowest BCUT2D eigenvalue weighted by atomic mass is 10.1. The van der Waals surface area contributed by atoms with E-state index in [9.17, 15) is 9.59 Å². The first-order valence-corrected chi connectivity index (χ1v) is 9.80. The number of hydrogen-bond acceptors (Lipinski definition) is 6. The molecule has 30 heavy (non-hydrogen) atoms. The highest BCUT2D eigenvalue weighted by Gasteiger charge is 2.11. The molecule has 0 atom stereocenters. The van der Waals surface area contributed by atoms with E-state index in [1.54, 1.807) is 50.6 Å². The molecule has 1 N–H and O–H groups in total. The zero-order valence-electron chi connectivity index (χ0n) is 17.9. The number of benzene rings is 2. The van der Waals surface area contributed by atoms with Crippen molar-refractivity contribution in [1.29, 1.82) is 0 Å². The van der Waals surface area contributed by atoms with E-state index >= 15 is 0 Å². The third-order valence-corrected chi connectivity index (χ3v) is 4.33. The molecular formula is C23H29NO6. The Kier molecular flexibility index (Phi) is 9.00. The Labute approximate surface area is 177 Å². The van der Waals surface area contributed by atoms with E-state index in [0.717, 1.165) is 12.0 Å². The van der Waals surface area contributed by atoms with E-state index in [1.807, 2.05) is 6.07 Å².